The minimum absolute atomic E-state index is 0.0159. The first-order valence-electron chi connectivity index (χ1n) is 9.12. The summed E-state index contributed by atoms with van der Waals surface area (Å²) in [4.78, 5) is 12.3. The van der Waals surface area contributed by atoms with E-state index in [1.807, 2.05) is 0 Å². The Kier molecular flexibility index (Phi) is 6.31. The molecule has 8 heteroatoms. The Labute approximate surface area is 164 Å². The van der Waals surface area contributed by atoms with E-state index in [1.54, 1.807) is 12.1 Å². The highest BCUT2D eigenvalue weighted by Gasteiger charge is 2.29. The maximum atomic E-state index is 13.3. The van der Waals surface area contributed by atoms with Crippen LogP contribution in [0.25, 0.3) is 0 Å². The van der Waals surface area contributed by atoms with E-state index in [4.69, 9.17) is 4.74 Å². The number of sulfonamides is 1. The summed E-state index contributed by atoms with van der Waals surface area (Å²) in [6, 6.07) is 10.3. The molecule has 1 heterocycles. The second-order valence-electron chi connectivity index (χ2n) is 6.69. The molecule has 0 radical (unpaired) electrons. The molecule has 1 aliphatic heterocycles. The van der Waals surface area contributed by atoms with E-state index in [1.165, 1.54) is 41.7 Å². The molecular formula is C20H23FN2O4S. The van der Waals surface area contributed by atoms with Crippen LogP contribution >= 0.6 is 0 Å². The molecule has 6 nitrogen and oxygen atoms in total. The van der Waals surface area contributed by atoms with E-state index >= 15 is 0 Å². The highest BCUT2D eigenvalue weighted by Crippen LogP contribution is 2.31. The topological polar surface area (TPSA) is 75.7 Å². The molecule has 2 aromatic carbocycles. The molecule has 1 amide bonds. The number of amides is 1. The van der Waals surface area contributed by atoms with Crippen LogP contribution in [0.1, 0.15) is 24.8 Å². The van der Waals surface area contributed by atoms with E-state index in [0.717, 1.165) is 19.3 Å². The van der Waals surface area contributed by atoms with Gasteiger partial charge >= 0.3 is 0 Å². The molecule has 0 aliphatic carbocycles. The number of piperidine rings is 1. The minimum Gasteiger partial charge on any atom is -0.495 e. The normalized spacial score (nSPS) is 15.2. The van der Waals surface area contributed by atoms with Crippen molar-refractivity contribution < 1.29 is 22.3 Å². The number of hydrogen-bond donors (Lipinski definition) is 1. The van der Waals surface area contributed by atoms with Crippen molar-refractivity contribution in [3.8, 4) is 5.75 Å². The van der Waals surface area contributed by atoms with Gasteiger partial charge in [0, 0.05) is 18.8 Å². The Hall–Kier alpha value is -2.45. The summed E-state index contributed by atoms with van der Waals surface area (Å²) in [7, 11) is -2.31. The number of nitrogens with zero attached hydrogens (tertiary/aromatic N) is 1. The van der Waals surface area contributed by atoms with E-state index in [-0.39, 0.29) is 23.0 Å². The number of anilines is 1. The minimum atomic E-state index is -3.72. The fourth-order valence-corrected chi connectivity index (χ4v) is 4.94. The van der Waals surface area contributed by atoms with Crippen molar-refractivity contribution in [2.75, 3.05) is 25.5 Å². The molecule has 0 atom stereocenters. The van der Waals surface area contributed by atoms with Gasteiger partial charge < -0.3 is 10.1 Å². The van der Waals surface area contributed by atoms with Gasteiger partial charge in [-0.3, -0.25) is 4.79 Å². The van der Waals surface area contributed by atoms with Gasteiger partial charge in [0.2, 0.25) is 15.9 Å². The summed E-state index contributed by atoms with van der Waals surface area (Å²) >= 11 is 0. The third-order valence-corrected chi connectivity index (χ3v) is 6.55. The molecule has 28 heavy (non-hydrogen) atoms. The van der Waals surface area contributed by atoms with Crippen molar-refractivity contribution >= 4 is 21.6 Å². The molecule has 1 saturated heterocycles. The van der Waals surface area contributed by atoms with Crippen LogP contribution in [0.3, 0.4) is 0 Å². The van der Waals surface area contributed by atoms with Gasteiger partial charge in [0.25, 0.3) is 0 Å². The number of hydrogen-bond acceptors (Lipinski definition) is 4. The van der Waals surface area contributed by atoms with Gasteiger partial charge in [-0.2, -0.15) is 4.31 Å². The SMILES string of the molecule is COc1ccc(NC(=O)Cc2cccc(F)c2)cc1S(=O)(=O)N1CCCCC1. The van der Waals surface area contributed by atoms with Crippen LogP contribution in [-0.2, 0) is 21.2 Å². The lowest BCUT2D eigenvalue weighted by Gasteiger charge is -2.26. The monoisotopic (exact) mass is 406 g/mol. The van der Waals surface area contributed by atoms with Crippen LogP contribution in [0, 0.1) is 5.82 Å². The molecule has 0 aromatic heterocycles. The van der Waals surface area contributed by atoms with E-state index in [9.17, 15) is 17.6 Å². The fourth-order valence-electron chi connectivity index (χ4n) is 3.24. The molecule has 0 bridgehead atoms. The first-order valence-corrected chi connectivity index (χ1v) is 10.6. The number of rotatable bonds is 6. The molecule has 1 N–H and O–H groups in total. The van der Waals surface area contributed by atoms with Crippen LogP contribution in [0.5, 0.6) is 5.75 Å². The zero-order valence-electron chi connectivity index (χ0n) is 15.7. The first kappa shape index (κ1) is 20.3. The number of benzene rings is 2. The van der Waals surface area contributed by atoms with Gasteiger partial charge in [0.05, 0.1) is 13.5 Å². The van der Waals surface area contributed by atoms with Crippen LogP contribution in [0.4, 0.5) is 10.1 Å². The smallest absolute Gasteiger partial charge is 0.246 e. The van der Waals surface area contributed by atoms with Crippen LogP contribution < -0.4 is 10.1 Å². The lowest BCUT2D eigenvalue weighted by atomic mass is 10.1. The standard InChI is InChI=1S/C20H23FN2O4S/c1-27-18-9-8-17(22-20(24)13-15-6-5-7-16(21)12-15)14-19(18)28(25,26)23-10-3-2-4-11-23/h5-9,12,14H,2-4,10-11,13H2,1H3,(H,22,24). The molecule has 0 spiro atoms. The second kappa shape index (κ2) is 8.70. The molecule has 3 rings (SSSR count). The molecular weight excluding hydrogens is 383 g/mol. The first-order chi connectivity index (χ1) is 13.4. The number of ether oxygens (including phenoxy) is 1. The number of carbonyl (C=O) groups excluding carboxylic acids is 1. The number of halogens is 1. The summed E-state index contributed by atoms with van der Waals surface area (Å²) in [5, 5.41) is 2.68. The van der Waals surface area contributed by atoms with Gasteiger partial charge in [-0.15, -0.1) is 0 Å². The Morgan fingerprint density at radius 2 is 1.89 bits per heavy atom. The van der Waals surface area contributed by atoms with Crippen molar-refractivity contribution in [3.05, 3.63) is 53.8 Å². The van der Waals surface area contributed by atoms with Crippen LogP contribution in [0.15, 0.2) is 47.4 Å². The summed E-state index contributed by atoms with van der Waals surface area (Å²) < 4.78 is 46.0. The van der Waals surface area contributed by atoms with Crippen molar-refractivity contribution in [2.45, 2.75) is 30.6 Å². The molecule has 2 aromatic rings. The average Bonchev–Trinajstić information content (AvgIpc) is 2.68. The van der Waals surface area contributed by atoms with E-state index < -0.39 is 15.8 Å². The summed E-state index contributed by atoms with van der Waals surface area (Å²) in [5.41, 5.74) is 0.880. The third-order valence-electron chi connectivity index (χ3n) is 4.63. The van der Waals surface area contributed by atoms with Crippen LogP contribution in [0.2, 0.25) is 0 Å². The fraction of sp³-hybridized carbons (Fsp3) is 0.350. The Morgan fingerprint density at radius 3 is 2.57 bits per heavy atom. The Bertz CT molecular complexity index is 956. The maximum Gasteiger partial charge on any atom is 0.246 e. The van der Waals surface area contributed by atoms with Crippen molar-refractivity contribution in [3.63, 3.8) is 0 Å². The Morgan fingerprint density at radius 1 is 1.14 bits per heavy atom. The number of carbonyl (C=O) groups is 1. The van der Waals surface area contributed by atoms with Crippen molar-refractivity contribution in [1.29, 1.82) is 0 Å². The summed E-state index contributed by atoms with van der Waals surface area (Å²) in [6.45, 7) is 0.948. The third kappa shape index (κ3) is 4.69. The second-order valence-corrected chi connectivity index (χ2v) is 8.59. The van der Waals surface area contributed by atoms with Crippen LogP contribution in [-0.4, -0.2) is 38.8 Å². The van der Waals surface area contributed by atoms with Crippen molar-refractivity contribution in [1.82, 2.24) is 4.31 Å². The average molecular weight is 406 g/mol. The Balaban J connectivity index is 1.81. The van der Waals surface area contributed by atoms with E-state index in [2.05, 4.69) is 5.32 Å². The summed E-state index contributed by atoms with van der Waals surface area (Å²) in [5.74, 6) is -0.546. The highest BCUT2D eigenvalue weighted by molar-refractivity contribution is 7.89. The van der Waals surface area contributed by atoms with Gasteiger partial charge in [-0.05, 0) is 48.7 Å². The number of methoxy groups -OCH3 is 1. The predicted octanol–water partition coefficient (Wildman–Crippen LogP) is 3.19. The van der Waals surface area contributed by atoms with Crippen molar-refractivity contribution in [2.24, 2.45) is 0 Å². The zero-order chi connectivity index (χ0) is 20.1. The maximum absolute atomic E-state index is 13.3. The highest BCUT2D eigenvalue weighted by atomic mass is 32.2. The largest absolute Gasteiger partial charge is 0.495 e. The van der Waals surface area contributed by atoms with Gasteiger partial charge in [0.15, 0.2) is 0 Å². The molecule has 150 valence electrons. The lowest BCUT2D eigenvalue weighted by molar-refractivity contribution is -0.115. The lowest BCUT2D eigenvalue weighted by Crippen LogP contribution is -2.35. The zero-order valence-corrected chi connectivity index (χ0v) is 16.5. The van der Waals surface area contributed by atoms with Gasteiger partial charge in [-0.25, -0.2) is 12.8 Å². The molecule has 1 aliphatic rings. The molecule has 1 fully saturated rings. The summed E-state index contributed by atoms with van der Waals surface area (Å²) in [6.07, 6.45) is 2.65. The van der Waals surface area contributed by atoms with Gasteiger partial charge in [-0.1, -0.05) is 18.6 Å². The van der Waals surface area contributed by atoms with E-state index in [0.29, 0.717) is 24.3 Å². The number of nitrogens with one attached hydrogen (secondary N) is 1. The molecule has 0 saturated carbocycles. The van der Waals surface area contributed by atoms with Gasteiger partial charge in [0.1, 0.15) is 16.5 Å². The molecule has 0 unspecified atom stereocenters. The predicted molar refractivity (Wildman–Crippen MR) is 104 cm³/mol. The quantitative estimate of drug-likeness (QED) is 0.799.